The van der Waals surface area contributed by atoms with Gasteiger partial charge in [-0.1, -0.05) is 59.5 Å². The standard InChI is InChI=1S/C18H22FIN6OS2/c1-9(2)6-11(8-27)23-14-13-15(24-16(21)28-13)26-17(25-14)29-18(3,20)12-5-4-10(19)7-22-12/h4-5,7,9,11,27H,6,8H2,1-3H3,(H3,21,23,24,25,26)/t11-,18-/m1/s1. The Bertz CT molecular complexity index is 982. The molecule has 0 saturated carbocycles. The Kier molecular flexibility index (Phi) is 7.12. The number of thioether (sulfide) groups is 1. The third-order valence-electron chi connectivity index (χ3n) is 4.03. The van der Waals surface area contributed by atoms with Gasteiger partial charge in [0.15, 0.2) is 21.8 Å². The van der Waals surface area contributed by atoms with Crippen molar-refractivity contribution >= 4 is 67.0 Å². The first-order valence-corrected chi connectivity index (χ1v) is 11.7. The number of nitrogens with two attached hydrogens (primary N) is 1. The number of rotatable bonds is 8. The summed E-state index contributed by atoms with van der Waals surface area (Å²) >= 11 is 4.94. The number of aromatic nitrogens is 4. The van der Waals surface area contributed by atoms with Gasteiger partial charge < -0.3 is 16.2 Å². The molecule has 4 N–H and O–H groups in total. The van der Waals surface area contributed by atoms with Crippen LogP contribution >= 0.6 is 45.7 Å². The number of fused-ring (bicyclic) bond motifs is 1. The summed E-state index contributed by atoms with van der Waals surface area (Å²) in [5.74, 6) is 0.637. The van der Waals surface area contributed by atoms with Gasteiger partial charge in [-0.2, -0.15) is 0 Å². The number of thiazole rings is 1. The van der Waals surface area contributed by atoms with Gasteiger partial charge in [0.25, 0.3) is 0 Å². The molecule has 0 aliphatic heterocycles. The van der Waals surface area contributed by atoms with E-state index in [1.807, 2.05) is 6.92 Å². The van der Waals surface area contributed by atoms with Gasteiger partial charge >= 0.3 is 0 Å². The quantitative estimate of drug-likeness (QED) is 0.164. The van der Waals surface area contributed by atoms with Crippen LogP contribution < -0.4 is 11.1 Å². The Hall–Kier alpha value is -1.31. The molecule has 3 aromatic rings. The summed E-state index contributed by atoms with van der Waals surface area (Å²) in [6.45, 7) is 6.15. The van der Waals surface area contributed by atoms with E-state index >= 15 is 0 Å². The Labute approximate surface area is 190 Å². The van der Waals surface area contributed by atoms with Crippen LogP contribution in [-0.2, 0) is 2.75 Å². The number of aliphatic hydroxyl groups excluding tert-OH is 1. The molecule has 0 unspecified atom stereocenters. The smallest absolute Gasteiger partial charge is 0.193 e. The summed E-state index contributed by atoms with van der Waals surface area (Å²) < 4.78 is 13.5. The summed E-state index contributed by atoms with van der Waals surface area (Å²) in [7, 11) is 0. The highest BCUT2D eigenvalue weighted by molar-refractivity contribution is 14.1. The first kappa shape index (κ1) is 22.4. The van der Waals surface area contributed by atoms with Crippen molar-refractivity contribution in [1.82, 2.24) is 19.9 Å². The van der Waals surface area contributed by atoms with Crippen molar-refractivity contribution in [3.63, 3.8) is 0 Å². The Morgan fingerprint density at radius 3 is 2.72 bits per heavy atom. The van der Waals surface area contributed by atoms with Crippen LogP contribution in [0.3, 0.4) is 0 Å². The lowest BCUT2D eigenvalue weighted by Gasteiger charge is -2.22. The second-order valence-corrected chi connectivity index (χ2v) is 12.4. The van der Waals surface area contributed by atoms with Gasteiger partial charge in [-0.25, -0.2) is 19.3 Å². The van der Waals surface area contributed by atoms with Gasteiger partial charge in [0.05, 0.1) is 24.5 Å². The number of halogens is 2. The number of nitrogen functional groups attached to an aromatic ring is 1. The predicted octanol–water partition coefficient (Wildman–Crippen LogP) is 4.42. The summed E-state index contributed by atoms with van der Waals surface area (Å²) in [5.41, 5.74) is 7.10. The minimum atomic E-state index is -0.522. The third-order valence-corrected chi connectivity index (χ3v) is 7.09. The molecule has 3 aromatic heterocycles. The largest absolute Gasteiger partial charge is 0.394 e. The van der Waals surface area contributed by atoms with Gasteiger partial charge in [-0.3, -0.25) is 4.98 Å². The van der Waals surface area contributed by atoms with Crippen LogP contribution in [0.2, 0.25) is 0 Å². The van der Waals surface area contributed by atoms with Crippen LogP contribution in [0.4, 0.5) is 15.3 Å². The topological polar surface area (TPSA) is 110 Å². The molecule has 0 amide bonds. The zero-order chi connectivity index (χ0) is 21.2. The minimum absolute atomic E-state index is 0.00998. The highest BCUT2D eigenvalue weighted by Gasteiger charge is 2.29. The van der Waals surface area contributed by atoms with Gasteiger partial charge in [0.2, 0.25) is 0 Å². The van der Waals surface area contributed by atoms with E-state index in [1.54, 1.807) is 6.07 Å². The van der Waals surface area contributed by atoms with E-state index in [2.05, 4.69) is 61.7 Å². The number of pyridine rings is 1. The molecule has 156 valence electrons. The number of nitrogens with zero attached hydrogens (tertiary/aromatic N) is 4. The maximum atomic E-state index is 13.2. The van der Waals surface area contributed by atoms with E-state index < -0.39 is 2.75 Å². The maximum Gasteiger partial charge on any atom is 0.193 e. The fourth-order valence-electron chi connectivity index (χ4n) is 2.77. The van der Waals surface area contributed by atoms with Crippen molar-refractivity contribution in [3.8, 4) is 0 Å². The highest BCUT2D eigenvalue weighted by atomic mass is 127. The second-order valence-electron chi connectivity index (χ2n) is 7.09. The number of alkyl halides is 1. The number of hydrogen-bond acceptors (Lipinski definition) is 9. The molecule has 3 rings (SSSR count). The molecule has 0 aliphatic carbocycles. The molecule has 0 fully saturated rings. The van der Waals surface area contributed by atoms with Crippen LogP contribution in [0, 0.1) is 11.7 Å². The van der Waals surface area contributed by atoms with Gasteiger partial charge in [-0.15, -0.1) is 0 Å². The molecule has 7 nitrogen and oxygen atoms in total. The highest BCUT2D eigenvalue weighted by Crippen LogP contribution is 2.45. The Morgan fingerprint density at radius 1 is 1.34 bits per heavy atom. The molecule has 0 aromatic carbocycles. The van der Waals surface area contributed by atoms with Crippen molar-refractivity contribution in [2.45, 2.75) is 41.1 Å². The lowest BCUT2D eigenvalue weighted by Crippen LogP contribution is -2.26. The molecule has 11 heteroatoms. The summed E-state index contributed by atoms with van der Waals surface area (Å²) in [5, 5.41) is 14.0. The van der Waals surface area contributed by atoms with Gasteiger partial charge in [0, 0.05) is 0 Å². The van der Waals surface area contributed by atoms with E-state index in [1.165, 1.54) is 35.4 Å². The predicted molar refractivity (Wildman–Crippen MR) is 125 cm³/mol. The van der Waals surface area contributed by atoms with Crippen molar-refractivity contribution in [2.24, 2.45) is 5.92 Å². The minimum Gasteiger partial charge on any atom is -0.394 e. The molecule has 0 spiro atoms. The first-order chi connectivity index (χ1) is 13.7. The van der Waals surface area contributed by atoms with E-state index in [9.17, 15) is 9.50 Å². The van der Waals surface area contributed by atoms with E-state index in [4.69, 9.17) is 5.73 Å². The second kappa shape index (κ2) is 9.23. The Morgan fingerprint density at radius 2 is 2.10 bits per heavy atom. The molecular formula is C18H22FIN6OS2. The van der Waals surface area contributed by atoms with E-state index in [0.29, 0.717) is 33.4 Å². The van der Waals surface area contributed by atoms with Crippen LogP contribution in [0.25, 0.3) is 10.3 Å². The third kappa shape index (κ3) is 5.64. The fraction of sp³-hybridized carbons (Fsp3) is 0.444. The zero-order valence-electron chi connectivity index (χ0n) is 16.2. The van der Waals surface area contributed by atoms with Gasteiger partial charge in [-0.05, 0) is 31.4 Å². The first-order valence-electron chi connectivity index (χ1n) is 8.99. The van der Waals surface area contributed by atoms with Crippen molar-refractivity contribution in [3.05, 3.63) is 29.8 Å². The average molecular weight is 548 g/mol. The fourth-order valence-corrected chi connectivity index (χ4v) is 5.24. The molecule has 0 saturated heterocycles. The number of nitrogens with one attached hydrogen (secondary N) is 1. The summed E-state index contributed by atoms with van der Waals surface area (Å²) in [6, 6.07) is 2.90. The SMILES string of the molecule is CC(C)C[C@H](CO)Nc1nc(S[C@@](C)(I)c2ccc(F)cn2)nc2nc(N)sc12. The molecule has 0 bridgehead atoms. The zero-order valence-corrected chi connectivity index (χ0v) is 20.0. The molecule has 0 radical (unpaired) electrons. The van der Waals surface area contributed by atoms with Crippen molar-refractivity contribution in [1.29, 1.82) is 0 Å². The van der Waals surface area contributed by atoms with Crippen LogP contribution in [0.15, 0.2) is 23.5 Å². The number of hydrogen-bond donors (Lipinski definition) is 3. The van der Waals surface area contributed by atoms with E-state index in [-0.39, 0.29) is 18.5 Å². The number of anilines is 2. The Balaban J connectivity index is 1.95. The summed E-state index contributed by atoms with van der Waals surface area (Å²) in [4.78, 5) is 17.7. The number of aliphatic hydroxyl groups is 1. The normalized spacial score (nSPS) is 14.9. The van der Waals surface area contributed by atoms with E-state index in [0.717, 1.165) is 11.1 Å². The maximum absolute atomic E-state index is 13.2. The summed E-state index contributed by atoms with van der Waals surface area (Å²) in [6.07, 6.45) is 1.99. The lowest BCUT2D eigenvalue weighted by molar-refractivity contribution is 0.259. The molecule has 29 heavy (non-hydrogen) atoms. The molecule has 2 atom stereocenters. The molecule has 0 aliphatic rings. The monoisotopic (exact) mass is 548 g/mol. The van der Waals surface area contributed by atoms with Crippen LogP contribution in [0.5, 0.6) is 0 Å². The van der Waals surface area contributed by atoms with Gasteiger partial charge in [0.1, 0.15) is 13.3 Å². The van der Waals surface area contributed by atoms with Crippen LogP contribution in [0.1, 0.15) is 32.9 Å². The van der Waals surface area contributed by atoms with Crippen molar-refractivity contribution in [2.75, 3.05) is 17.7 Å². The average Bonchev–Trinajstić information content (AvgIpc) is 3.01. The molecule has 3 heterocycles. The van der Waals surface area contributed by atoms with Crippen molar-refractivity contribution < 1.29 is 9.50 Å². The van der Waals surface area contributed by atoms with Crippen LogP contribution in [-0.4, -0.2) is 37.7 Å². The lowest BCUT2D eigenvalue weighted by atomic mass is 10.0. The molecular weight excluding hydrogens is 526 g/mol.